The van der Waals surface area contributed by atoms with Crippen LogP contribution in [0.3, 0.4) is 0 Å². The van der Waals surface area contributed by atoms with Crippen LogP contribution in [0.2, 0.25) is 0 Å². The standard InChI is InChI=1S/C27H30N2O6/c30-24(31)14-17-9-10-18(13-17)28-25(32)27(11-12-34-16-27)29-26(33)35-15-23-21-7-3-1-5-19(21)20-6-2-4-8-22(20)23/h1-8,17-18,23H,9-16H2,(H,28,32)(H,29,33)(H,30,31)/t17-,18+,27?/m0/s1. The van der Waals surface area contributed by atoms with Crippen molar-refractivity contribution in [2.24, 2.45) is 5.92 Å². The molecule has 2 aromatic carbocycles. The Balaban J connectivity index is 1.21. The predicted octanol–water partition coefficient (Wildman–Crippen LogP) is 3.44. The van der Waals surface area contributed by atoms with Crippen LogP contribution in [0.15, 0.2) is 48.5 Å². The van der Waals surface area contributed by atoms with Crippen LogP contribution in [-0.2, 0) is 19.1 Å². The van der Waals surface area contributed by atoms with Crippen LogP contribution in [0.4, 0.5) is 4.79 Å². The number of nitrogens with one attached hydrogen (secondary N) is 2. The minimum Gasteiger partial charge on any atom is -0.481 e. The number of ether oxygens (including phenoxy) is 2. The molecule has 3 aliphatic rings. The lowest BCUT2D eigenvalue weighted by Gasteiger charge is -2.29. The summed E-state index contributed by atoms with van der Waals surface area (Å²) in [6.45, 7) is 0.607. The largest absolute Gasteiger partial charge is 0.481 e. The van der Waals surface area contributed by atoms with Crippen LogP contribution in [0.1, 0.15) is 49.1 Å². The maximum atomic E-state index is 13.2. The summed E-state index contributed by atoms with van der Waals surface area (Å²) in [5, 5.41) is 14.8. The van der Waals surface area contributed by atoms with Crippen molar-refractivity contribution in [3.8, 4) is 11.1 Å². The first-order valence-electron chi connectivity index (χ1n) is 12.2. The Labute approximate surface area is 204 Å². The lowest BCUT2D eigenvalue weighted by Crippen LogP contribution is -2.60. The lowest BCUT2D eigenvalue weighted by molar-refractivity contribution is -0.138. The van der Waals surface area contributed by atoms with Gasteiger partial charge in [-0.25, -0.2) is 4.79 Å². The Kier molecular flexibility index (Phi) is 6.47. The summed E-state index contributed by atoms with van der Waals surface area (Å²) in [5.41, 5.74) is 3.35. The van der Waals surface area contributed by atoms with Gasteiger partial charge in [-0.15, -0.1) is 0 Å². The number of benzene rings is 2. The summed E-state index contributed by atoms with van der Waals surface area (Å²) >= 11 is 0. The molecule has 0 spiro atoms. The molecule has 8 nitrogen and oxygen atoms in total. The first-order valence-corrected chi connectivity index (χ1v) is 12.2. The highest BCUT2D eigenvalue weighted by molar-refractivity contribution is 5.90. The molecule has 2 fully saturated rings. The second kappa shape index (κ2) is 9.70. The summed E-state index contributed by atoms with van der Waals surface area (Å²) in [6.07, 6.45) is 1.93. The van der Waals surface area contributed by atoms with Crippen molar-refractivity contribution >= 4 is 18.0 Å². The molecule has 1 unspecified atom stereocenters. The van der Waals surface area contributed by atoms with Crippen molar-refractivity contribution in [2.45, 2.75) is 49.6 Å². The highest BCUT2D eigenvalue weighted by atomic mass is 16.6. The van der Waals surface area contributed by atoms with E-state index in [4.69, 9.17) is 14.6 Å². The monoisotopic (exact) mass is 478 g/mol. The normalized spacial score (nSPS) is 25.0. The smallest absolute Gasteiger partial charge is 0.408 e. The Hall–Kier alpha value is -3.39. The van der Waals surface area contributed by atoms with E-state index in [0.717, 1.165) is 35.1 Å². The first-order chi connectivity index (χ1) is 16.9. The molecule has 8 heteroatoms. The first kappa shape index (κ1) is 23.4. The van der Waals surface area contributed by atoms with Gasteiger partial charge in [0, 0.05) is 31.4 Å². The van der Waals surface area contributed by atoms with E-state index in [2.05, 4.69) is 34.9 Å². The van der Waals surface area contributed by atoms with E-state index in [1.807, 2.05) is 24.3 Å². The van der Waals surface area contributed by atoms with Gasteiger partial charge in [-0.3, -0.25) is 9.59 Å². The summed E-state index contributed by atoms with van der Waals surface area (Å²) in [7, 11) is 0. The molecule has 1 saturated heterocycles. The number of carboxylic acids is 1. The third kappa shape index (κ3) is 4.75. The molecule has 3 N–H and O–H groups in total. The van der Waals surface area contributed by atoms with Crippen LogP contribution in [-0.4, -0.2) is 54.5 Å². The Morgan fingerprint density at radius 2 is 1.71 bits per heavy atom. The van der Waals surface area contributed by atoms with E-state index in [9.17, 15) is 14.4 Å². The molecule has 5 rings (SSSR count). The molecule has 1 saturated carbocycles. The molecule has 1 heterocycles. The average molecular weight is 479 g/mol. The quantitative estimate of drug-likeness (QED) is 0.562. The topological polar surface area (TPSA) is 114 Å². The van der Waals surface area contributed by atoms with Crippen LogP contribution < -0.4 is 10.6 Å². The highest BCUT2D eigenvalue weighted by Crippen LogP contribution is 2.44. The van der Waals surface area contributed by atoms with Crippen LogP contribution in [0.25, 0.3) is 11.1 Å². The SMILES string of the molecule is O=C(O)C[C@H]1CC[C@@H](NC(=O)C2(NC(=O)OCC3c4ccccc4-c4ccccc43)CCOC2)C1. The fourth-order valence-electron chi connectivity index (χ4n) is 5.69. The van der Waals surface area contributed by atoms with Gasteiger partial charge in [0.25, 0.3) is 0 Å². The second-order valence-corrected chi connectivity index (χ2v) is 9.78. The molecular formula is C27H30N2O6. The van der Waals surface area contributed by atoms with Crippen molar-refractivity contribution in [3.05, 3.63) is 59.7 Å². The Morgan fingerprint density at radius 1 is 1.03 bits per heavy atom. The zero-order chi connectivity index (χ0) is 24.4. The van der Waals surface area contributed by atoms with Crippen LogP contribution in [0, 0.1) is 5.92 Å². The molecule has 35 heavy (non-hydrogen) atoms. The number of carbonyl (C=O) groups excluding carboxylic acids is 2. The number of carbonyl (C=O) groups is 3. The van der Waals surface area contributed by atoms with Gasteiger partial charge in [0.05, 0.1) is 6.61 Å². The molecule has 184 valence electrons. The van der Waals surface area contributed by atoms with Crippen molar-refractivity contribution in [1.29, 1.82) is 0 Å². The van der Waals surface area contributed by atoms with Gasteiger partial charge < -0.3 is 25.2 Å². The van der Waals surface area contributed by atoms with Crippen LogP contribution >= 0.6 is 0 Å². The molecule has 2 aliphatic carbocycles. The molecule has 2 amide bonds. The number of amides is 2. The maximum absolute atomic E-state index is 13.2. The fraction of sp³-hybridized carbons (Fsp3) is 0.444. The number of fused-ring (bicyclic) bond motifs is 3. The summed E-state index contributed by atoms with van der Waals surface area (Å²) in [6, 6.07) is 16.1. The van der Waals surface area contributed by atoms with E-state index in [1.54, 1.807) is 0 Å². The average Bonchev–Trinajstić information content (AvgIpc) is 3.56. The van der Waals surface area contributed by atoms with Gasteiger partial charge in [0.15, 0.2) is 0 Å². The van der Waals surface area contributed by atoms with Crippen molar-refractivity contribution in [2.75, 3.05) is 19.8 Å². The summed E-state index contributed by atoms with van der Waals surface area (Å²) in [4.78, 5) is 37.1. The van der Waals surface area contributed by atoms with E-state index >= 15 is 0 Å². The molecule has 2 aromatic rings. The number of carboxylic acid groups (broad SMARTS) is 1. The van der Waals surface area contributed by atoms with Crippen molar-refractivity contribution < 1.29 is 29.0 Å². The molecule has 0 radical (unpaired) electrons. The molecule has 0 bridgehead atoms. The summed E-state index contributed by atoms with van der Waals surface area (Å²) in [5.74, 6) is -1.13. The van der Waals surface area contributed by atoms with Gasteiger partial charge in [-0.2, -0.15) is 0 Å². The zero-order valence-electron chi connectivity index (χ0n) is 19.5. The van der Waals surface area contributed by atoms with Gasteiger partial charge in [-0.05, 0) is 47.4 Å². The van der Waals surface area contributed by atoms with E-state index in [-0.39, 0.29) is 43.4 Å². The fourth-order valence-corrected chi connectivity index (χ4v) is 5.69. The lowest BCUT2D eigenvalue weighted by atomic mass is 9.96. The highest BCUT2D eigenvalue weighted by Gasteiger charge is 2.45. The van der Waals surface area contributed by atoms with Crippen molar-refractivity contribution in [3.63, 3.8) is 0 Å². The van der Waals surface area contributed by atoms with Gasteiger partial charge in [0.1, 0.15) is 12.1 Å². The molecule has 1 aliphatic heterocycles. The minimum atomic E-state index is -1.19. The zero-order valence-corrected chi connectivity index (χ0v) is 19.5. The second-order valence-electron chi connectivity index (χ2n) is 9.78. The molecule has 3 atom stereocenters. The van der Waals surface area contributed by atoms with Gasteiger partial charge in [-0.1, -0.05) is 48.5 Å². The van der Waals surface area contributed by atoms with E-state index in [1.165, 1.54) is 0 Å². The van der Waals surface area contributed by atoms with Crippen LogP contribution in [0.5, 0.6) is 0 Å². The number of rotatable bonds is 7. The van der Waals surface area contributed by atoms with E-state index < -0.39 is 17.6 Å². The summed E-state index contributed by atoms with van der Waals surface area (Å²) < 4.78 is 11.1. The minimum absolute atomic E-state index is 0.0590. The molecular weight excluding hydrogens is 448 g/mol. The Bertz CT molecular complexity index is 1080. The van der Waals surface area contributed by atoms with Gasteiger partial charge in [0.2, 0.25) is 5.91 Å². The third-order valence-electron chi connectivity index (χ3n) is 7.48. The maximum Gasteiger partial charge on any atom is 0.408 e. The van der Waals surface area contributed by atoms with Gasteiger partial charge >= 0.3 is 12.1 Å². The number of hydrogen-bond acceptors (Lipinski definition) is 5. The number of hydrogen-bond donors (Lipinski definition) is 3. The van der Waals surface area contributed by atoms with Crippen molar-refractivity contribution in [1.82, 2.24) is 10.6 Å². The number of aliphatic carboxylic acids is 1. The predicted molar refractivity (Wildman–Crippen MR) is 128 cm³/mol. The third-order valence-corrected chi connectivity index (χ3v) is 7.48. The van der Waals surface area contributed by atoms with E-state index in [0.29, 0.717) is 19.4 Å². The Morgan fingerprint density at radius 3 is 2.34 bits per heavy atom. The molecule has 0 aromatic heterocycles. The number of alkyl carbamates (subject to hydrolysis) is 1.